The zero-order valence-electron chi connectivity index (χ0n) is 18.1. The molecule has 0 unspecified atom stereocenters. The molecule has 1 fully saturated rings. The Bertz CT molecular complexity index is 1010. The lowest BCUT2D eigenvalue weighted by Gasteiger charge is -2.42. The van der Waals surface area contributed by atoms with Crippen LogP contribution in [0.2, 0.25) is 0 Å². The highest BCUT2D eigenvalue weighted by molar-refractivity contribution is 5.92. The van der Waals surface area contributed by atoms with Crippen LogP contribution in [-0.4, -0.2) is 47.3 Å². The number of para-hydroxylation sites is 2. The van der Waals surface area contributed by atoms with Gasteiger partial charge in [-0.25, -0.2) is 0 Å². The van der Waals surface area contributed by atoms with Gasteiger partial charge in [-0.15, -0.1) is 0 Å². The molecule has 0 saturated carbocycles. The van der Waals surface area contributed by atoms with Gasteiger partial charge >= 0.3 is 0 Å². The van der Waals surface area contributed by atoms with Gasteiger partial charge in [0.2, 0.25) is 5.91 Å². The Morgan fingerprint density at radius 3 is 2.19 bits per heavy atom. The predicted molar refractivity (Wildman–Crippen MR) is 124 cm³/mol. The summed E-state index contributed by atoms with van der Waals surface area (Å²) in [4.78, 5) is 14.5. The third kappa shape index (κ3) is 5.87. The molecule has 3 aromatic rings. The third-order valence-corrected chi connectivity index (χ3v) is 5.45. The van der Waals surface area contributed by atoms with Gasteiger partial charge in [0.05, 0.1) is 6.54 Å². The maximum atomic E-state index is 12.5. The van der Waals surface area contributed by atoms with Crippen molar-refractivity contribution >= 4 is 11.6 Å². The molecule has 4 rings (SSSR count). The largest absolute Gasteiger partial charge is 0.487 e. The summed E-state index contributed by atoms with van der Waals surface area (Å²) in [6.45, 7) is 3.00. The van der Waals surface area contributed by atoms with Crippen molar-refractivity contribution in [3.63, 3.8) is 0 Å². The standard InChI is InChI=1S/C26H28N2O4/c1-26(30)19-28(17-16-24(26)32-22-10-6-3-7-11-22)18-25(29)27-20-12-14-23(15-13-20)31-21-8-4-2-5-9-21/h2-15,24,30H,16-19H2,1H3,(H,27,29)/t24-,26-/m0/s1. The average Bonchev–Trinajstić information content (AvgIpc) is 2.78. The molecule has 0 bridgehead atoms. The first-order valence-electron chi connectivity index (χ1n) is 10.8. The number of nitrogens with zero attached hydrogens (tertiary/aromatic N) is 1. The fraction of sp³-hybridized carbons (Fsp3) is 0.269. The van der Waals surface area contributed by atoms with E-state index in [2.05, 4.69) is 5.32 Å². The summed E-state index contributed by atoms with van der Waals surface area (Å²) < 4.78 is 11.8. The molecule has 2 atom stereocenters. The minimum atomic E-state index is -1.05. The summed E-state index contributed by atoms with van der Waals surface area (Å²) in [5.74, 6) is 2.07. The van der Waals surface area contributed by atoms with E-state index >= 15 is 0 Å². The number of benzene rings is 3. The first-order valence-corrected chi connectivity index (χ1v) is 10.8. The van der Waals surface area contributed by atoms with Gasteiger partial charge in [-0.2, -0.15) is 0 Å². The van der Waals surface area contributed by atoms with Crippen molar-refractivity contribution in [2.75, 3.05) is 25.0 Å². The molecule has 6 nitrogen and oxygen atoms in total. The van der Waals surface area contributed by atoms with Crippen LogP contribution < -0.4 is 14.8 Å². The van der Waals surface area contributed by atoms with Crippen LogP contribution >= 0.6 is 0 Å². The van der Waals surface area contributed by atoms with E-state index in [9.17, 15) is 9.90 Å². The van der Waals surface area contributed by atoms with Crippen molar-refractivity contribution in [2.24, 2.45) is 0 Å². The number of likely N-dealkylation sites (tertiary alicyclic amines) is 1. The molecular formula is C26H28N2O4. The highest BCUT2D eigenvalue weighted by Crippen LogP contribution is 2.26. The fourth-order valence-corrected chi connectivity index (χ4v) is 3.86. The molecule has 3 aromatic carbocycles. The summed E-state index contributed by atoms with van der Waals surface area (Å²) in [5.41, 5.74) is -0.352. The summed E-state index contributed by atoms with van der Waals surface area (Å²) in [6, 6.07) is 26.3. The highest BCUT2D eigenvalue weighted by Gasteiger charge is 2.40. The smallest absolute Gasteiger partial charge is 0.238 e. The van der Waals surface area contributed by atoms with E-state index in [0.29, 0.717) is 30.9 Å². The predicted octanol–water partition coefficient (Wildman–Crippen LogP) is 4.32. The lowest BCUT2D eigenvalue weighted by Crippen LogP contribution is -2.58. The number of rotatable bonds is 7. The normalized spacial score (nSPS) is 21.0. The van der Waals surface area contributed by atoms with Gasteiger partial charge in [-0.1, -0.05) is 36.4 Å². The number of aliphatic hydroxyl groups is 1. The second-order valence-electron chi connectivity index (χ2n) is 8.26. The molecule has 1 heterocycles. The van der Waals surface area contributed by atoms with Crippen molar-refractivity contribution in [1.82, 2.24) is 4.90 Å². The molecule has 2 N–H and O–H groups in total. The molecule has 32 heavy (non-hydrogen) atoms. The van der Waals surface area contributed by atoms with Crippen molar-refractivity contribution < 1.29 is 19.4 Å². The van der Waals surface area contributed by atoms with Crippen molar-refractivity contribution in [3.8, 4) is 17.2 Å². The molecule has 1 aliphatic heterocycles. The molecule has 0 radical (unpaired) electrons. The zero-order valence-corrected chi connectivity index (χ0v) is 18.1. The summed E-state index contributed by atoms with van der Waals surface area (Å²) in [7, 11) is 0. The van der Waals surface area contributed by atoms with E-state index in [0.717, 1.165) is 11.5 Å². The van der Waals surface area contributed by atoms with Gasteiger partial charge in [0, 0.05) is 18.8 Å². The topological polar surface area (TPSA) is 71.0 Å². The Hall–Kier alpha value is -3.35. The second kappa shape index (κ2) is 9.85. The van der Waals surface area contributed by atoms with Gasteiger partial charge in [0.15, 0.2) is 0 Å². The molecule has 166 valence electrons. The number of ether oxygens (including phenoxy) is 2. The lowest BCUT2D eigenvalue weighted by atomic mass is 9.91. The number of β-amino-alcohol motifs (C(OH)–C–C–N with tert-alkyl or cyclic N) is 1. The fourth-order valence-electron chi connectivity index (χ4n) is 3.86. The average molecular weight is 433 g/mol. The van der Waals surface area contributed by atoms with Gasteiger partial charge in [-0.3, -0.25) is 9.69 Å². The Labute approximate surface area is 188 Å². The summed E-state index contributed by atoms with van der Waals surface area (Å²) >= 11 is 0. The Kier molecular flexibility index (Phi) is 6.73. The maximum Gasteiger partial charge on any atom is 0.238 e. The van der Waals surface area contributed by atoms with E-state index in [4.69, 9.17) is 9.47 Å². The second-order valence-corrected chi connectivity index (χ2v) is 8.26. The number of carbonyl (C=O) groups is 1. The number of piperidine rings is 1. The van der Waals surface area contributed by atoms with Crippen LogP contribution in [0.4, 0.5) is 5.69 Å². The van der Waals surface area contributed by atoms with Gasteiger partial charge < -0.3 is 19.9 Å². The molecule has 1 saturated heterocycles. The molecule has 1 aliphatic rings. The SMILES string of the molecule is C[C@]1(O)CN(CC(=O)Nc2ccc(Oc3ccccc3)cc2)CC[C@@H]1Oc1ccccc1. The number of nitrogens with one attached hydrogen (secondary N) is 1. The number of hydrogen-bond acceptors (Lipinski definition) is 5. The van der Waals surface area contributed by atoms with Crippen LogP contribution in [0.15, 0.2) is 84.9 Å². The monoisotopic (exact) mass is 432 g/mol. The van der Waals surface area contributed by atoms with E-state index in [1.165, 1.54) is 0 Å². The van der Waals surface area contributed by atoms with Crippen molar-refractivity contribution in [3.05, 3.63) is 84.9 Å². The van der Waals surface area contributed by atoms with Crippen LogP contribution in [0.25, 0.3) is 0 Å². The molecule has 0 aromatic heterocycles. The Balaban J connectivity index is 1.27. The van der Waals surface area contributed by atoms with Gasteiger partial charge in [-0.05, 0) is 61.9 Å². The number of carbonyl (C=O) groups excluding carboxylic acids is 1. The van der Waals surface area contributed by atoms with Crippen LogP contribution in [-0.2, 0) is 4.79 Å². The van der Waals surface area contributed by atoms with Crippen LogP contribution in [0.5, 0.6) is 17.2 Å². The van der Waals surface area contributed by atoms with Gasteiger partial charge in [0.25, 0.3) is 0 Å². The van der Waals surface area contributed by atoms with Crippen molar-refractivity contribution in [2.45, 2.75) is 25.0 Å². The number of anilines is 1. The molecule has 0 spiro atoms. The van der Waals surface area contributed by atoms with E-state index < -0.39 is 5.60 Å². The van der Waals surface area contributed by atoms with Crippen LogP contribution in [0.1, 0.15) is 13.3 Å². The summed E-state index contributed by atoms with van der Waals surface area (Å²) in [6.07, 6.45) is 0.321. The minimum Gasteiger partial charge on any atom is -0.487 e. The zero-order chi connectivity index (χ0) is 22.4. The quantitative estimate of drug-likeness (QED) is 0.582. The van der Waals surface area contributed by atoms with E-state index in [1.54, 1.807) is 6.92 Å². The minimum absolute atomic E-state index is 0.125. The van der Waals surface area contributed by atoms with Gasteiger partial charge in [0.1, 0.15) is 29.0 Å². The molecule has 0 aliphatic carbocycles. The summed E-state index contributed by atoms with van der Waals surface area (Å²) in [5, 5.41) is 13.8. The highest BCUT2D eigenvalue weighted by atomic mass is 16.5. The number of hydrogen-bond donors (Lipinski definition) is 2. The van der Waals surface area contributed by atoms with E-state index in [-0.39, 0.29) is 18.6 Å². The maximum absolute atomic E-state index is 12.5. The van der Waals surface area contributed by atoms with Crippen LogP contribution in [0.3, 0.4) is 0 Å². The Morgan fingerprint density at radius 2 is 1.56 bits per heavy atom. The first-order chi connectivity index (χ1) is 15.5. The Morgan fingerprint density at radius 1 is 0.969 bits per heavy atom. The third-order valence-electron chi connectivity index (χ3n) is 5.45. The first kappa shape index (κ1) is 21.9. The molecule has 1 amide bonds. The number of amides is 1. The van der Waals surface area contributed by atoms with Crippen LogP contribution in [0, 0.1) is 0 Å². The van der Waals surface area contributed by atoms with Crippen molar-refractivity contribution in [1.29, 1.82) is 0 Å². The lowest BCUT2D eigenvalue weighted by molar-refractivity contribution is -0.123. The molecular weight excluding hydrogens is 404 g/mol. The van der Waals surface area contributed by atoms with E-state index in [1.807, 2.05) is 89.8 Å². The molecule has 6 heteroatoms.